The van der Waals surface area contributed by atoms with Gasteiger partial charge in [0.25, 0.3) is 10.0 Å². The van der Waals surface area contributed by atoms with Gasteiger partial charge < -0.3 is 9.84 Å². The third kappa shape index (κ3) is 7.19. The van der Waals surface area contributed by atoms with Crippen LogP contribution in [0.4, 0.5) is 23.2 Å². The molecule has 0 fully saturated rings. The lowest BCUT2D eigenvalue weighted by Gasteiger charge is -2.31. The lowest BCUT2D eigenvalue weighted by atomic mass is 10.0. The summed E-state index contributed by atoms with van der Waals surface area (Å²) in [5.41, 5.74) is 0.354. The number of alkyl halides is 3. The van der Waals surface area contributed by atoms with Gasteiger partial charge in [0, 0.05) is 12.1 Å². The van der Waals surface area contributed by atoms with Gasteiger partial charge in [0.2, 0.25) is 0 Å². The number of benzene rings is 3. The molecule has 0 radical (unpaired) electrons. The summed E-state index contributed by atoms with van der Waals surface area (Å²) in [5, 5.41) is 15.5. The number of sulfonamides is 1. The van der Waals surface area contributed by atoms with Crippen molar-refractivity contribution in [2.45, 2.75) is 31.5 Å². The molecule has 0 bridgehead atoms. The van der Waals surface area contributed by atoms with Gasteiger partial charge in [-0.05, 0) is 67.4 Å². The number of hydrogen-bond donors (Lipinski definition) is 1. The van der Waals surface area contributed by atoms with E-state index in [1.165, 1.54) is 29.1 Å². The minimum Gasteiger partial charge on any atom is -0.489 e. The van der Waals surface area contributed by atoms with E-state index in [2.05, 4.69) is 10.3 Å². The minimum absolute atomic E-state index is 0.0122. The molecule has 0 amide bonds. The zero-order chi connectivity index (χ0) is 32.2. The van der Waals surface area contributed by atoms with E-state index in [1.54, 1.807) is 31.2 Å². The molecule has 5 rings (SSSR count). The SMILES string of the molecule is C/C(=C\c1ccc2c(c1)N(S(=O)(=O)c1cccc(C(F)(F)F)c1)CCO2)c1c(F)cccc1Cl.CCn1cc(C(=O)O)nn1. The number of allylic oxidation sites excluding steroid dienone is 1. The van der Waals surface area contributed by atoms with E-state index in [9.17, 15) is 30.8 Å². The third-order valence-electron chi connectivity index (χ3n) is 6.38. The summed E-state index contributed by atoms with van der Waals surface area (Å²) in [7, 11) is -4.32. The van der Waals surface area contributed by atoms with Crippen molar-refractivity contribution >= 4 is 44.9 Å². The predicted octanol–water partition coefficient (Wildman–Crippen LogP) is 6.64. The fraction of sp³-hybridized carbons (Fsp3) is 0.207. The quantitative estimate of drug-likeness (QED) is 0.183. The van der Waals surface area contributed by atoms with Gasteiger partial charge in [0.05, 0.1) is 33.9 Å². The maximum atomic E-state index is 14.3. The van der Waals surface area contributed by atoms with Crippen LogP contribution in [0.15, 0.2) is 71.8 Å². The first-order valence-electron chi connectivity index (χ1n) is 12.9. The summed E-state index contributed by atoms with van der Waals surface area (Å²) >= 11 is 6.13. The Morgan fingerprint density at radius 1 is 1.14 bits per heavy atom. The predicted molar refractivity (Wildman–Crippen MR) is 156 cm³/mol. The highest BCUT2D eigenvalue weighted by molar-refractivity contribution is 7.92. The number of aromatic nitrogens is 3. The van der Waals surface area contributed by atoms with Crippen molar-refractivity contribution in [2.24, 2.45) is 0 Å². The number of nitrogens with zero attached hydrogens (tertiary/aromatic N) is 4. The Kier molecular flexibility index (Phi) is 9.64. The summed E-state index contributed by atoms with van der Waals surface area (Å²) in [4.78, 5) is 9.73. The van der Waals surface area contributed by atoms with E-state index >= 15 is 0 Å². The van der Waals surface area contributed by atoms with Crippen LogP contribution in [0, 0.1) is 5.82 Å². The van der Waals surface area contributed by atoms with Crippen LogP contribution in [0.3, 0.4) is 0 Å². The molecule has 15 heteroatoms. The Morgan fingerprint density at radius 3 is 2.48 bits per heavy atom. The molecule has 0 saturated heterocycles. The number of carbonyl (C=O) groups is 1. The molecule has 0 unspecified atom stereocenters. The third-order valence-corrected chi connectivity index (χ3v) is 8.50. The normalized spacial score (nSPS) is 13.4. The first kappa shape index (κ1) is 32.5. The molecule has 0 aliphatic carbocycles. The van der Waals surface area contributed by atoms with E-state index in [1.807, 2.05) is 6.92 Å². The zero-order valence-corrected chi connectivity index (χ0v) is 24.8. The first-order chi connectivity index (χ1) is 20.7. The highest BCUT2D eigenvalue weighted by Gasteiger charge is 2.34. The van der Waals surface area contributed by atoms with Crippen LogP contribution in [0.25, 0.3) is 11.6 Å². The van der Waals surface area contributed by atoms with Crippen LogP contribution in [-0.2, 0) is 22.7 Å². The summed E-state index contributed by atoms with van der Waals surface area (Å²) in [6.45, 7) is 4.11. The molecule has 3 aromatic carbocycles. The Bertz CT molecular complexity index is 1810. The Labute approximate surface area is 255 Å². The maximum absolute atomic E-state index is 14.3. The van der Waals surface area contributed by atoms with Crippen molar-refractivity contribution in [3.8, 4) is 5.75 Å². The average molecular weight is 653 g/mol. The van der Waals surface area contributed by atoms with Crippen molar-refractivity contribution in [3.63, 3.8) is 0 Å². The van der Waals surface area contributed by atoms with Crippen molar-refractivity contribution in [3.05, 3.63) is 100 Å². The Morgan fingerprint density at radius 2 is 1.86 bits per heavy atom. The van der Waals surface area contributed by atoms with Gasteiger partial charge in [-0.25, -0.2) is 17.6 Å². The Balaban J connectivity index is 0.000000375. The molecule has 0 saturated carbocycles. The van der Waals surface area contributed by atoms with E-state index < -0.39 is 38.4 Å². The molecule has 232 valence electrons. The van der Waals surface area contributed by atoms with Crippen LogP contribution in [0.5, 0.6) is 5.75 Å². The number of carboxylic acids is 1. The lowest BCUT2D eigenvalue weighted by molar-refractivity contribution is -0.137. The molecule has 1 N–H and O–H groups in total. The van der Waals surface area contributed by atoms with E-state index in [-0.39, 0.29) is 40.9 Å². The number of carboxylic acid groups (broad SMARTS) is 1. The number of aromatic carboxylic acids is 1. The summed E-state index contributed by atoms with van der Waals surface area (Å²) in [6.07, 6.45) is -1.66. The lowest BCUT2D eigenvalue weighted by Crippen LogP contribution is -2.38. The van der Waals surface area contributed by atoms with Crippen LogP contribution in [0.1, 0.15) is 41.0 Å². The fourth-order valence-electron chi connectivity index (χ4n) is 4.26. The average Bonchev–Trinajstić information content (AvgIpc) is 3.47. The van der Waals surface area contributed by atoms with E-state index in [4.69, 9.17) is 21.4 Å². The maximum Gasteiger partial charge on any atom is 0.416 e. The van der Waals surface area contributed by atoms with Crippen molar-refractivity contribution < 1.29 is 40.6 Å². The number of ether oxygens (including phenoxy) is 1. The highest BCUT2D eigenvalue weighted by Crippen LogP contribution is 2.38. The topological polar surface area (TPSA) is 115 Å². The monoisotopic (exact) mass is 652 g/mol. The van der Waals surface area contributed by atoms with Gasteiger partial charge in [-0.2, -0.15) is 13.2 Å². The number of aryl methyl sites for hydroxylation is 1. The molecular formula is C29H25ClF4N4O5S. The second-order valence-corrected chi connectivity index (χ2v) is 11.6. The molecule has 44 heavy (non-hydrogen) atoms. The van der Waals surface area contributed by atoms with Gasteiger partial charge >= 0.3 is 12.1 Å². The van der Waals surface area contributed by atoms with E-state index in [0.29, 0.717) is 23.7 Å². The molecule has 9 nitrogen and oxygen atoms in total. The largest absolute Gasteiger partial charge is 0.489 e. The molecule has 0 atom stereocenters. The van der Waals surface area contributed by atoms with Gasteiger partial charge in [-0.1, -0.05) is 41.1 Å². The Hall–Kier alpha value is -4.43. The molecule has 1 aliphatic heterocycles. The first-order valence-corrected chi connectivity index (χ1v) is 14.8. The molecule has 2 heterocycles. The number of anilines is 1. The van der Waals surface area contributed by atoms with Crippen LogP contribution in [-0.4, -0.2) is 47.6 Å². The van der Waals surface area contributed by atoms with Gasteiger partial charge in [0.15, 0.2) is 5.69 Å². The van der Waals surface area contributed by atoms with Crippen LogP contribution in [0.2, 0.25) is 5.02 Å². The number of hydrogen-bond acceptors (Lipinski definition) is 6. The summed E-state index contributed by atoms with van der Waals surface area (Å²) in [6, 6.07) is 12.7. The smallest absolute Gasteiger partial charge is 0.416 e. The number of fused-ring (bicyclic) bond motifs is 1. The molecule has 0 spiro atoms. The molecular weight excluding hydrogens is 628 g/mol. The van der Waals surface area contributed by atoms with Gasteiger partial charge in [-0.3, -0.25) is 8.99 Å². The van der Waals surface area contributed by atoms with Crippen molar-refractivity contribution in [1.82, 2.24) is 15.0 Å². The summed E-state index contributed by atoms with van der Waals surface area (Å²) in [5.74, 6) is -1.28. The van der Waals surface area contributed by atoms with Crippen LogP contribution >= 0.6 is 11.6 Å². The standard InChI is InChI=1S/C24H18ClF4NO3S.C5H7N3O2/c1-15(23-19(25)6-3-7-20(23)26)12-16-8-9-22-21(13-16)30(10-11-33-22)34(31,32)18-5-2-4-17(14-18)24(27,28)29;1-2-8-3-4(5(9)10)6-7-8/h2-9,12-14H,10-11H2,1H3;3H,2H2,1H3,(H,9,10)/b15-12+;. The van der Waals surface area contributed by atoms with Gasteiger partial charge in [0.1, 0.15) is 18.2 Å². The fourth-order valence-corrected chi connectivity index (χ4v) is 6.07. The van der Waals surface area contributed by atoms with E-state index in [0.717, 1.165) is 22.5 Å². The van der Waals surface area contributed by atoms with Gasteiger partial charge in [-0.15, -0.1) is 5.10 Å². The molecule has 1 aliphatic rings. The van der Waals surface area contributed by atoms with Crippen molar-refractivity contribution in [2.75, 3.05) is 17.5 Å². The second kappa shape index (κ2) is 13.1. The minimum atomic E-state index is -4.68. The second-order valence-electron chi connectivity index (χ2n) is 9.37. The van der Waals surface area contributed by atoms with Crippen molar-refractivity contribution in [1.29, 1.82) is 0 Å². The zero-order valence-electron chi connectivity index (χ0n) is 23.2. The molecule has 4 aromatic rings. The van der Waals surface area contributed by atoms with Crippen LogP contribution < -0.4 is 9.04 Å². The molecule has 1 aromatic heterocycles. The summed E-state index contributed by atoms with van der Waals surface area (Å²) < 4.78 is 88.3. The number of rotatable bonds is 6. The number of halogens is 5. The highest BCUT2D eigenvalue weighted by atomic mass is 35.5.